The van der Waals surface area contributed by atoms with Gasteiger partial charge in [0, 0.05) is 75.3 Å². The lowest BCUT2D eigenvalue weighted by Crippen LogP contribution is -2.45. The molecule has 2 fully saturated rings. The Labute approximate surface area is 402 Å². The molecule has 4 aromatic heterocycles. The normalized spacial score (nSPS) is 15.4. The van der Waals surface area contributed by atoms with Crippen LogP contribution in [0.1, 0.15) is 62.2 Å². The van der Waals surface area contributed by atoms with Crippen molar-refractivity contribution in [2.45, 2.75) is 44.4 Å². The highest BCUT2D eigenvalue weighted by atomic mass is 35.5. The van der Waals surface area contributed by atoms with E-state index in [1.807, 2.05) is 0 Å². The minimum atomic E-state index is -1.07. The number of ketones is 1. The number of carboxylic acids is 1. The van der Waals surface area contributed by atoms with Crippen LogP contribution in [0.2, 0.25) is 5.02 Å². The maximum absolute atomic E-state index is 15.6. The number of amides is 3. The molecular weight excluding hydrogens is 917 g/mol. The van der Waals surface area contributed by atoms with Crippen molar-refractivity contribution in [1.29, 1.82) is 0 Å². The molecule has 3 amide bonds. The summed E-state index contributed by atoms with van der Waals surface area (Å²) in [5.74, 6) is 8.89. The largest absolute Gasteiger partial charge is 0.480 e. The molecule has 2 aliphatic rings. The Morgan fingerprint density at radius 1 is 0.671 bits per heavy atom. The number of Topliss-reactive ketones (excluding diaryl/α,β-unsaturated/α-hetero) is 1. The van der Waals surface area contributed by atoms with E-state index in [1.54, 1.807) is 121 Å². The number of carbonyl (C=O) groups is 5. The van der Waals surface area contributed by atoms with Gasteiger partial charge < -0.3 is 21.5 Å². The maximum Gasteiger partial charge on any atom is 0.325 e. The highest BCUT2D eigenvalue weighted by Gasteiger charge is 2.55. The predicted molar refractivity (Wildman–Crippen MR) is 253 cm³/mol. The Kier molecular flexibility index (Phi) is 12.9. The lowest BCUT2D eigenvalue weighted by molar-refractivity contribution is -0.139. The van der Waals surface area contributed by atoms with Crippen molar-refractivity contribution in [2.75, 3.05) is 0 Å². The number of carboxylic acid groups (broad SMARTS) is 1. The first kappa shape index (κ1) is 46.0. The van der Waals surface area contributed by atoms with Crippen LogP contribution >= 0.6 is 11.6 Å². The maximum atomic E-state index is 15.6. The van der Waals surface area contributed by atoms with Gasteiger partial charge >= 0.3 is 5.97 Å². The average molecular weight is 954 g/mol. The summed E-state index contributed by atoms with van der Waals surface area (Å²) in [5, 5.41) is 18.6. The fourth-order valence-corrected chi connectivity index (χ4v) is 8.69. The Morgan fingerprint density at radius 2 is 1.21 bits per heavy atom. The summed E-state index contributed by atoms with van der Waals surface area (Å²) in [4.78, 5) is 80.0. The van der Waals surface area contributed by atoms with Gasteiger partial charge in [0.1, 0.15) is 18.9 Å². The monoisotopic (exact) mass is 953 g/mol. The molecule has 0 unspecified atom stereocenters. The van der Waals surface area contributed by atoms with Crippen LogP contribution in [0.4, 0.5) is 4.39 Å². The van der Waals surface area contributed by atoms with Gasteiger partial charge in [0.25, 0.3) is 11.8 Å². The summed E-state index contributed by atoms with van der Waals surface area (Å²) < 4.78 is 18.3. The number of fused-ring (bicyclic) bond motifs is 3. The number of aromatic nitrogens is 8. The summed E-state index contributed by atoms with van der Waals surface area (Å²) in [5.41, 5.74) is 14.3. The second kappa shape index (κ2) is 19.6. The lowest BCUT2D eigenvalue weighted by atomic mass is 9.96. The zero-order valence-corrected chi connectivity index (χ0v) is 37.4. The first-order chi connectivity index (χ1) is 33.8. The summed E-state index contributed by atoms with van der Waals surface area (Å²) in [6.45, 7) is -0.567. The number of carbonyl (C=O) groups excluding carboxylic acids is 4. The molecule has 0 bridgehead atoms. The topological polar surface area (TPSA) is 248 Å². The Balaban J connectivity index is 0.000000213. The van der Waals surface area contributed by atoms with Crippen molar-refractivity contribution in [2.24, 2.45) is 17.4 Å². The molecule has 346 valence electrons. The van der Waals surface area contributed by atoms with E-state index in [2.05, 4.69) is 53.8 Å². The quantitative estimate of drug-likeness (QED) is 0.153. The molecule has 3 atom stereocenters. The number of likely N-dealkylation sites (tertiary alicyclic amines) is 1. The Hall–Kier alpha value is -9.13. The van der Waals surface area contributed by atoms with E-state index < -0.39 is 29.6 Å². The van der Waals surface area contributed by atoms with Crippen LogP contribution in [-0.2, 0) is 33.9 Å². The van der Waals surface area contributed by atoms with Gasteiger partial charge in [0.2, 0.25) is 17.6 Å². The minimum absolute atomic E-state index is 0.00543. The van der Waals surface area contributed by atoms with Gasteiger partial charge in [-0.15, -0.1) is 0 Å². The molecule has 0 radical (unpaired) electrons. The summed E-state index contributed by atoms with van der Waals surface area (Å²) in [6, 6.07) is 24.6. The van der Waals surface area contributed by atoms with Crippen LogP contribution in [0.15, 0.2) is 116 Å². The number of aliphatic carboxylic acids is 1. The number of nitrogens with two attached hydrogens (primary N) is 2. The zero-order chi connectivity index (χ0) is 49.1. The van der Waals surface area contributed by atoms with Crippen molar-refractivity contribution >= 4 is 62.9 Å². The molecule has 70 heavy (non-hydrogen) atoms. The smallest absolute Gasteiger partial charge is 0.325 e. The molecule has 8 aromatic rings. The number of primary amides is 2. The fraction of sp³-hybridized carbons (Fsp3) is 0.157. The van der Waals surface area contributed by atoms with Crippen molar-refractivity contribution in [3.8, 4) is 34.8 Å². The van der Waals surface area contributed by atoms with Crippen LogP contribution in [0.25, 0.3) is 32.9 Å². The molecule has 1 aliphatic carbocycles. The molecule has 10 rings (SSSR count). The predicted octanol–water partition coefficient (Wildman–Crippen LogP) is 5.00. The number of hydrogen-bond acceptors (Lipinski definition) is 11. The summed E-state index contributed by atoms with van der Waals surface area (Å²) >= 11 is 6.31. The standard InChI is InChI=1S/C35H26ClFN6O3.C16H11N5O3/c36-26-8-2-1-6-23(26)24-7-3-5-21(33(24)37)18-30(44)29-17-22-16-28(22)43(29)32(45)19-42-27-11-9-20(10-12-31-39-13-4-14-40-31)15-25(27)34(41-42)35(38)46;17-16(24)15-11-8-10(3-5-13-18-6-1-7-19-13)2-4-12(11)21(20-15)9-14(22)23/h1-9,11,13-15,22,28-29H,16-19H2,(H2,38,46);1-2,4,6-8H,9H2,(H2,17,24)(H,22,23)/t22-,28-,29+;/m1./s1. The van der Waals surface area contributed by atoms with Gasteiger partial charge in [0.15, 0.2) is 17.2 Å². The molecule has 17 nitrogen and oxygen atoms in total. The van der Waals surface area contributed by atoms with Gasteiger partial charge in [-0.25, -0.2) is 24.3 Å². The SMILES string of the molecule is NC(=O)c1nn(CC(=O)N2[C@@H]3C[C@@H]3C[C@H]2C(=O)Cc2cccc(-c3ccccc3Cl)c2F)c2ccc(C#Cc3ncccn3)cc12.NC(=O)c1nn(CC(=O)O)c2ccc(C#Cc3ncccn3)cc12. The van der Waals surface area contributed by atoms with Crippen molar-refractivity contribution in [1.82, 2.24) is 44.4 Å². The van der Waals surface area contributed by atoms with Crippen LogP contribution in [0.3, 0.4) is 0 Å². The van der Waals surface area contributed by atoms with Crippen LogP contribution < -0.4 is 11.5 Å². The third kappa shape index (κ3) is 9.80. The average Bonchev–Trinajstić information content (AvgIpc) is 3.66. The molecule has 5 heterocycles. The summed E-state index contributed by atoms with van der Waals surface area (Å²) in [7, 11) is 0. The number of piperidine rings is 1. The molecule has 0 spiro atoms. The number of benzene rings is 4. The zero-order valence-electron chi connectivity index (χ0n) is 36.7. The van der Waals surface area contributed by atoms with Gasteiger partial charge in [0.05, 0.1) is 17.1 Å². The van der Waals surface area contributed by atoms with Crippen LogP contribution in [0.5, 0.6) is 0 Å². The molecular formula is C51H37ClFN11O6. The Morgan fingerprint density at radius 3 is 1.76 bits per heavy atom. The second-order valence-electron chi connectivity index (χ2n) is 16.3. The van der Waals surface area contributed by atoms with Crippen LogP contribution in [0, 0.1) is 35.4 Å². The van der Waals surface area contributed by atoms with E-state index >= 15 is 4.39 Å². The van der Waals surface area contributed by atoms with E-state index in [4.69, 9.17) is 28.2 Å². The Bertz CT molecular complexity index is 3540. The van der Waals surface area contributed by atoms with Crippen molar-refractivity contribution < 1.29 is 33.5 Å². The highest BCUT2D eigenvalue weighted by Crippen LogP contribution is 2.48. The minimum Gasteiger partial charge on any atom is -0.480 e. The number of halogens is 2. The van der Waals surface area contributed by atoms with Gasteiger partial charge in [-0.2, -0.15) is 10.2 Å². The summed E-state index contributed by atoms with van der Waals surface area (Å²) in [6.07, 6.45) is 7.53. The molecule has 5 N–H and O–H groups in total. The first-order valence-corrected chi connectivity index (χ1v) is 22.0. The second-order valence-corrected chi connectivity index (χ2v) is 16.7. The third-order valence-corrected chi connectivity index (χ3v) is 12.0. The van der Waals surface area contributed by atoms with E-state index in [-0.39, 0.29) is 60.1 Å². The third-order valence-electron chi connectivity index (χ3n) is 11.7. The molecule has 1 aliphatic heterocycles. The van der Waals surface area contributed by atoms with E-state index in [1.165, 1.54) is 9.36 Å². The van der Waals surface area contributed by atoms with Gasteiger partial charge in [-0.05, 0) is 90.8 Å². The van der Waals surface area contributed by atoms with Crippen molar-refractivity contribution in [3.05, 3.63) is 166 Å². The van der Waals surface area contributed by atoms with E-state index in [0.717, 1.165) is 6.42 Å². The van der Waals surface area contributed by atoms with E-state index in [9.17, 15) is 24.0 Å². The number of nitrogens with zero attached hydrogens (tertiary/aromatic N) is 9. The molecule has 4 aromatic carbocycles. The van der Waals surface area contributed by atoms with E-state index in [0.29, 0.717) is 67.2 Å². The fourth-order valence-electron chi connectivity index (χ4n) is 8.45. The number of rotatable bonds is 10. The van der Waals surface area contributed by atoms with Gasteiger partial charge in [-0.3, -0.25) is 33.3 Å². The highest BCUT2D eigenvalue weighted by molar-refractivity contribution is 6.33. The molecule has 1 saturated heterocycles. The molecule has 19 heteroatoms. The molecule has 1 saturated carbocycles. The van der Waals surface area contributed by atoms with Crippen molar-refractivity contribution in [3.63, 3.8) is 0 Å². The van der Waals surface area contributed by atoms with Gasteiger partial charge in [-0.1, -0.05) is 59.8 Å². The first-order valence-electron chi connectivity index (χ1n) is 21.6. The number of hydrogen-bond donors (Lipinski definition) is 3. The lowest BCUT2D eigenvalue weighted by Gasteiger charge is -2.27. The van der Waals surface area contributed by atoms with Crippen LogP contribution in [-0.4, -0.2) is 91.1 Å².